The first kappa shape index (κ1) is 14.0. The zero-order chi connectivity index (χ0) is 14.2. The van der Waals surface area contributed by atoms with E-state index in [4.69, 9.17) is 16.7 Å². The molecule has 0 aliphatic heterocycles. The van der Waals surface area contributed by atoms with Crippen molar-refractivity contribution < 1.29 is 8.42 Å². The molecule has 0 fully saturated rings. The number of benzene rings is 1. The van der Waals surface area contributed by atoms with Crippen molar-refractivity contribution in [2.24, 2.45) is 5.14 Å². The number of primary sulfonamides is 1. The zero-order valence-electron chi connectivity index (χ0n) is 10.5. The average Bonchev–Trinajstić information content (AvgIpc) is 2.76. The van der Waals surface area contributed by atoms with Crippen molar-refractivity contribution in [2.75, 3.05) is 0 Å². The molecule has 1 aromatic heterocycles. The Labute approximate surface area is 116 Å². The molecule has 0 saturated carbocycles. The second-order valence-corrected chi connectivity index (χ2v) is 5.87. The molecule has 0 amide bonds. The lowest BCUT2D eigenvalue weighted by Crippen LogP contribution is -2.18. The first-order valence-electron chi connectivity index (χ1n) is 5.57. The molecule has 8 heteroatoms. The molecule has 0 radical (unpaired) electrons. The molecule has 1 aromatic carbocycles. The summed E-state index contributed by atoms with van der Waals surface area (Å²) in [4.78, 5) is 0. The maximum absolute atomic E-state index is 11.4. The van der Waals surface area contributed by atoms with Crippen LogP contribution in [0.1, 0.15) is 12.5 Å². The van der Waals surface area contributed by atoms with Crippen LogP contribution in [-0.4, -0.2) is 23.2 Å². The molecule has 6 nitrogen and oxygen atoms in total. The van der Waals surface area contributed by atoms with Gasteiger partial charge in [-0.25, -0.2) is 13.6 Å². The summed E-state index contributed by atoms with van der Waals surface area (Å²) in [5.41, 5.74) is 1.55. The van der Waals surface area contributed by atoms with Gasteiger partial charge >= 0.3 is 0 Å². The number of nitrogens with zero attached hydrogens (tertiary/aromatic N) is 3. The van der Waals surface area contributed by atoms with Gasteiger partial charge < -0.3 is 0 Å². The fourth-order valence-corrected chi connectivity index (χ4v) is 2.69. The third-order valence-corrected chi connectivity index (χ3v) is 4.02. The van der Waals surface area contributed by atoms with Crippen LogP contribution in [0, 0.1) is 6.92 Å². The Bertz CT molecular complexity index is 724. The number of hydrogen-bond donors (Lipinski definition) is 1. The quantitative estimate of drug-likeness (QED) is 0.931. The lowest BCUT2D eigenvalue weighted by atomic mass is 10.1. The third-order valence-electron chi connectivity index (χ3n) is 2.80. The van der Waals surface area contributed by atoms with Crippen molar-refractivity contribution in [1.82, 2.24) is 14.8 Å². The highest BCUT2D eigenvalue weighted by Gasteiger charge is 2.22. The Kier molecular flexibility index (Phi) is 3.62. The third kappa shape index (κ3) is 2.49. The molecule has 0 atom stereocenters. The van der Waals surface area contributed by atoms with Gasteiger partial charge in [-0.05, 0) is 25.5 Å². The average molecular weight is 301 g/mol. The Hall–Kier alpha value is -1.44. The van der Waals surface area contributed by atoms with E-state index in [9.17, 15) is 8.42 Å². The van der Waals surface area contributed by atoms with Crippen LogP contribution in [-0.2, 0) is 16.6 Å². The van der Waals surface area contributed by atoms with Crippen LogP contribution in [0.15, 0.2) is 23.4 Å². The van der Waals surface area contributed by atoms with Crippen molar-refractivity contribution in [1.29, 1.82) is 0 Å². The molecule has 0 unspecified atom stereocenters. The van der Waals surface area contributed by atoms with Crippen molar-refractivity contribution in [3.63, 3.8) is 0 Å². The van der Waals surface area contributed by atoms with Crippen LogP contribution in [0.25, 0.3) is 11.4 Å². The van der Waals surface area contributed by atoms with Gasteiger partial charge in [-0.15, -0.1) is 10.2 Å². The fraction of sp³-hybridized carbons (Fsp3) is 0.273. The van der Waals surface area contributed by atoms with Gasteiger partial charge in [0.1, 0.15) is 0 Å². The molecule has 19 heavy (non-hydrogen) atoms. The summed E-state index contributed by atoms with van der Waals surface area (Å²) in [5, 5.41) is 13.0. The first-order valence-corrected chi connectivity index (χ1v) is 7.50. The SMILES string of the molecule is CCn1c(-c2cccc(Cl)c2C)nnc1S(N)(=O)=O. The number of sulfonamides is 1. The van der Waals surface area contributed by atoms with E-state index < -0.39 is 10.0 Å². The summed E-state index contributed by atoms with van der Waals surface area (Å²) in [6.45, 7) is 4.02. The van der Waals surface area contributed by atoms with E-state index in [1.807, 2.05) is 13.0 Å². The summed E-state index contributed by atoms with van der Waals surface area (Å²) in [6.07, 6.45) is 0. The highest BCUT2D eigenvalue weighted by Crippen LogP contribution is 2.28. The lowest BCUT2D eigenvalue weighted by Gasteiger charge is -2.09. The lowest BCUT2D eigenvalue weighted by molar-refractivity contribution is 0.571. The Morgan fingerprint density at radius 3 is 2.63 bits per heavy atom. The minimum Gasteiger partial charge on any atom is -0.297 e. The van der Waals surface area contributed by atoms with Crippen LogP contribution in [0.2, 0.25) is 5.02 Å². The van der Waals surface area contributed by atoms with Gasteiger partial charge in [0.25, 0.3) is 15.2 Å². The molecule has 1 heterocycles. The second kappa shape index (κ2) is 4.92. The predicted octanol–water partition coefficient (Wildman–Crippen LogP) is 1.57. The minimum absolute atomic E-state index is 0.246. The van der Waals surface area contributed by atoms with E-state index in [0.29, 0.717) is 17.4 Å². The molecule has 0 bridgehead atoms. The molecule has 2 N–H and O–H groups in total. The Morgan fingerprint density at radius 1 is 1.37 bits per heavy atom. The highest BCUT2D eigenvalue weighted by molar-refractivity contribution is 7.89. The van der Waals surface area contributed by atoms with Crippen LogP contribution in [0.5, 0.6) is 0 Å². The van der Waals surface area contributed by atoms with E-state index in [1.165, 1.54) is 4.57 Å². The van der Waals surface area contributed by atoms with Crippen LogP contribution >= 0.6 is 11.6 Å². The van der Waals surface area contributed by atoms with E-state index in [-0.39, 0.29) is 5.16 Å². The van der Waals surface area contributed by atoms with Crippen molar-refractivity contribution in [2.45, 2.75) is 25.5 Å². The van der Waals surface area contributed by atoms with Crippen LogP contribution < -0.4 is 5.14 Å². The number of hydrogen-bond acceptors (Lipinski definition) is 4. The molecule has 0 saturated heterocycles. The van der Waals surface area contributed by atoms with Gasteiger partial charge in [0.05, 0.1) is 0 Å². The van der Waals surface area contributed by atoms with Gasteiger partial charge in [-0.2, -0.15) is 0 Å². The van der Waals surface area contributed by atoms with Crippen molar-refractivity contribution in [3.8, 4) is 11.4 Å². The summed E-state index contributed by atoms with van der Waals surface area (Å²) in [6, 6.07) is 5.34. The van der Waals surface area contributed by atoms with Crippen LogP contribution in [0.3, 0.4) is 0 Å². The molecule has 0 spiro atoms. The van der Waals surface area contributed by atoms with Gasteiger partial charge in [-0.1, -0.05) is 23.7 Å². The van der Waals surface area contributed by atoms with Crippen molar-refractivity contribution in [3.05, 3.63) is 28.8 Å². The Morgan fingerprint density at radius 2 is 2.05 bits per heavy atom. The number of halogens is 1. The molecule has 2 rings (SSSR count). The molecule has 0 aliphatic carbocycles. The minimum atomic E-state index is -3.90. The summed E-state index contributed by atoms with van der Waals surface area (Å²) < 4.78 is 24.3. The van der Waals surface area contributed by atoms with Crippen LogP contribution in [0.4, 0.5) is 0 Å². The van der Waals surface area contributed by atoms with Crippen molar-refractivity contribution >= 4 is 21.6 Å². The number of rotatable bonds is 3. The van der Waals surface area contributed by atoms with E-state index in [1.54, 1.807) is 19.1 Å². The molecule has 0 aliphatic rings. The Balaban J connectivity index is 2.71. The monoisotopic (exact) mass is 300 g/mol. The van der Waals surface area contributed by atoms with Gasteiger partial charge in [0.2, 0.25) is 0 Å². The summed E-state index contributed by atoms with van der Waals surface area (Å²) in [5.74, 6) is 0.437. The van der Waals surface area contributed by atoms with Gasteiger partial charge in [0.15, 0.2) is 5.82 Å². The zero-order valence-corrected chi connectivity index (χ0v) is 12.0. The molecule has 2 aromatic rings. The summed E-state index contributed by atoms with van der Waals surface area (Å²) >= 11 is 6.06. The standard InChI is InChI=1S/C11H13ClN4O2S/c1-3-16-10(14-15-11(16)19(13,17)18)8-5-4-6-9(12)7(8)2/h4-6H,3H2,1-2H3,(H2,13,17,18). The highest BCUT2D eigenvalue weighted by atomic mass is 35.5. The maximum atomic E-state index is 11.4. The smallest absolute Gasteiger partial charge is 0.273 e. The number of nitrogens with two attached hydrogens (primary N) is 1. The maximum Gasteiger partial charge on any atom is 0.273 e. The molecule has 102 valence electrons. The van der Waals surface area contributed by atoms with E-state index in [2.05, 4.69) is 10.2 Å². The fourth-order valence-electron chi connectivity index (χ4n) is 1.83. The molecular weight excluding hydrogens is 288 g/mol. The van der Waals surface area contributed by atoms with Gasteiger partial charge in [-0.3, -0.25) is 4.57 Å². The second-order valence-electron chi connectivity index (χ2n) is 4.01. The van der Waals surface area contributed by atoms with E-state index >= 15 is 0 Å². The van der Waals surface area contributed by atoms with E-state index in [0.717, 1.165) is 11.1 Å². The largest absolute Gasteiger partial charge is 0.297 e. The summed E-state index contributed by atoms with van der Waals surface area (Å²) in [7, 11) is -3.90. The topological polar surface area (TPSA) is 90.9 Å². The van der Waals surface area contributed by atoms with Gasteiger partial charge in [0, 0.05) is 17.1 Å². The first-order chi connectivity index (χ1) is 8.86. The number of aromatic nitrogens is 3. The predicted molar refractivity (Wildman–Crippen MR) is 72.3 cm³/mol. The molecular formula is C11H13ClN4O2S. The normalized spacial score (nSPS) is 11.8.